The fourth-order valence-electron chi connectivity index (χ4n) is 1.32. The molecule has 1 aromatic rings. The van der Waals surface area contributed by atoms with Crippen LogP contribution in [0, 0.1) is 5.82 Å². The highest BCUT2D eigenvalue weighted by Gasteiger charge is 2.37. The van der Waals surface area contributed by atoms with Crippen molar-refractivity contribution in [2.45, 2.75) is 25.9 Å². The molecule has 0 radical (unpaired) electrons. The Kier molecular flexibility index (Phi) is 2.83. The molecule has 0 fully saturated rings. The molecule has 0 heterocycles. The molecule has 0 nitrogen and oxygen atoms in total. The van der Waals surface area contributed by atoms with E-state index in [4.69, 9.17) is 0 Å². The number of benzene rings is 1. The summed E-state index contributed by atoms with van der Waals surface area (Å²) in [5.41, 5.74) is -1.15. The van der Waals surface area contributed by atoms with Gasteiger partial charge in [-0.15, -0.1) is 0 Å². The van der Waals surface area contributed by atoms with Crippen LogP contribution in [-0.4, -0.2) is 0 Å². The Balaban J connectivity index is 3.38. The molecule has 0 bridgehead atoms. The fourth-order valence-corrected chi connectivity index (χ4v) is 1.32. The Morgan fingerprint density at radius 1 is 1.14 bits per heavy atom. The van der Waals surface area contributed by atoms with Gasteiger partial charge >= 0.3 is 6.18 Å². The average molecular weight is 206 g/mol. The maximum Gasteiger partial charge on any atom is 0.419 e. The first kappa shape index (κ1) is 11.0. The molecule has 0 unspecified atom stereocenters. The quantitative estimate of drug-likeness (QED) is 0.610. The highest BCUT2D eigenvalue weighted by Crippen LogP contribution is 2.36. The summed E-state index contributed by atoms with van der Waals surface area (Å²) in [6.07, 6.45) is -4.62. The molecule has 0 aliphatic rings. The van der Waals surface area contributed by atoms with Gasteiger partial charge in [-0.25, -0.2) is 4.39 Å². The van der Waals surface area contributed by atoms with Crippen LogP contribution in [0.25, 0.3) is 0 Å². The number of hydrogen-bond donors (Lipinski definition) is 0. The molecule has 0 aromatic heterocycles. The van der Waals surface area contributed by atoms with Gasteiger partial charge in [0.25, 0.3) is 0 Å². The topological polar surface area (TPSA) is 0 Å². The minimum atomic E-state index is -4.62. The molecule has 1 rings (SSSR count). The highest BCUT2D eigenvalue weighted by atomic mass is 19.4. The molecule has 0 saturated heterocycles. The zero-order valence-corrected chi connectivity index (χ0v) is 7.82. The third-order valence-corrected chi connectivity index (χ3v) is 1.95. The molecule has 4 heteroatoms. The smallest absolute Gasteiger partial charge is 0.206 e. The van der Waals surface area contributed by atoms with Crippen LogP contribution < -0.4 is 0 Å². The van der Waals surface area contributed by atoms with Crippen LogP contribution in [-0.2, 0) is 6.18 Å². The second-order valence-electron chi connectivity index (χ2n) is 3.36. The van der Waals surface area contributed by atoms with Gasteiger partial charge in [0.15, 0.2) is 0 Å². The van der Waals surface area contributed by atoms with E-state index in [0.29, 0.717) is 0 Å². The average Bonchev–Trinajstić information content (AvgIpc) is 2.01. The first-order valence-corrected chi connectivity index (χ1v) is 4.19. The summed E-state index contributed by atoms with van der Waals surface area (Å²) in [5, 5.41) is 0. The number of halogens is 4. The Bertz CT molecular complexity index is 325. The lowest BCUT2D eigenvalue weighted by molar-refractivity contribution is -0.140. The molecule has 0 aliphatic heterocycles. The van der Waals surface area contributed by atoms with Gasteiger partial charge < -0.3 is 0 Å². The Morgan fingerprint density at radius 3 is 2.07 bits per heavy atom. The van der Waals surface area contributed by atoms with E-state index in [1.54, 1.807) is 13.8 Å². The van der Waals surface area contributed by atoms with E-state index in [0.717, 1.165) is 6.07 Å². The molecule has 0 atom stereocenters. The SMILES string of the molecule is CC(C)c1cccc(F)c1C(F)(F)F. The van der Waals surface area contributed by atoms with Gasteiger partial charge in [-0.05, 0) is 17.5 Å². The molecular weight excluding hydrogens is 196 g/mol. The lowest BCUT2D eigenvalue weighted by atomic mass is 9.96. The summed E-state index contributed by atoms with van der Waals surface area (Å²) in [7, 11) is 0. The van der Waals surface area contributed by atoms with E-state index in [-0.39, 0.29) is 11.5 Å². The van der Waals surface area contributed by atoms with Gasteiger partial charge in [0, 0.05) is 0 Å². The van der Waals surface area contributed by atoms with Crippen molar-refractivity contribution < 1.29 is 17.6 Å². The number of rotatable bonds is 1. The molecule has 78 valence electrons. The zero-order valence-electron chi connectivity index (χ0n) is 7.82. The summed E-state index contributed by atoms with van der Waals surface area (Å²) < 4.78 is 50.3. The predicted molar refractivity (Wildman–Crippen MR) is 45.5 cm³/mol. The molecule has 0 saturated carbocycles. The van der Waals surface area contributed by atoms with Crippen LogP contribution in [0.5, 0.6) is 0 Å². The first-order chi connectivity index (χ1) is 6.34. The number of alkyl halides is 3. The maximum atomic E-state index is 13.0. The molecule has 0 spiro atoms. The van der Waals surface area contributed by atoms with Crippen LogP contribution in [0.15, 0.2) is 18.2 Å². The monoisotopic (exact) mass is 206 g/mol. The Labute approximate surface area is 79.6 Å². The minimum Gasteiger partial charge on any atom is -0.206 e. The Hall–Kier alpha value is -1.06. The van der Waals surface area contributed by atoms with Crippen molar-refractivity contribution in [3.8, 4) is 0 Å². The largest absolute Gasteiger partial charge is 0.419 e. The van der Waals surface area contributed by atoms with Crippen molar-refractivity contribution in [1.82, 2.24) is 0 Å². The van der Waals surface area contributed by atoms with Crippen molar-refractivity contribution in [1.29, 1.82) is 0 Å². The molecule has 1 aromatic carbocycles. The van der Waals surface area contributed by atoms with E-state index in [1.807, 2.05) is 0 Å². The molecule has 0 N–H and O–H groups in total. The lowest BCUT2D eigenvalue weighted by Gasteiger charge is -2.15. The second kappa shape index (κ2) is 3.59. The Morgan fingerprint density at radius 2 is 1.71 bits per heavy atom. The van der Waals surface area contributed by atoms with E-state index < -0.39 is 17.6 Å². The van der Waals surface area contributed by atoms with Gasteiger partial charge in [0.2, 0.25) is 0 Å². The normalized spacial score (nSPS) is 12.2. The first-order valence-electron chi connectivity index (χ1n) is 4.19. The van der Waals surface area contributed by atoms with Crippen LogP contribution in [0.4, 0.5) is 17.6 Å². The van der Waals surface area contributed by atoms with Crippen LogP contribution in [0.2, 0.25) is 0 Å². The number of hydrogen-bond acceptors (Lipinski definition) is 0. The fraction of sp³-hybridized carbons (Fsp3) is 0.400. The molecule has 0 aliphatic carbocycles. The van der Waals surface area contributed by atoms with Crippen LogP contribution >= 0.6 is 0 Å². The van der Waals surface area contributed by atoms with Crippen molar-refractivity contribution in [3.05, 3.63) is 35.1 Å². The minimum absolute atomic E-state index is 0.00231. The van der Waals surface area contributed by atoms with Crippen molar-refractivity contribution in [3.63, 3.8) is 0 Å². The van der Waals surface area contributed by atoms with Gasteiger partial charge in [0.05, 0.1) is 5.56 Å². The zero-order chi connectivity index (χ0) is 10.9. The molecular formula is C10H10F4. The van der Waals surface area contributed by atoms with Crippen molar-refractivity contribution in [2.75, 3.05) is 0 Å². The highest BCUT2D eigenvalue weighted by molar-refractivity contribution is 5.33. The molecule has 14 heavy (non-hydrogen) atoms. The second-order valence-corrected chi connectivity index (χ2v) is 3.36. The van der Waals surface area contributed by atoms with Crippen LogP contribution in [0.3, 0.4) is 0 Å². The van der Waals surface area contributed by atoms with Crippen molar-refractivity contribution in [2.24, 2.45) is 0 Å². The summed E-state index contributed by atoms with van der Waals surface area (Å²) >= 11 is 0. The van der Waals surface area contributed by atoms with E-state index in [9.17, 15) is 17.6 Å². The van der Waals surface area contributed by atoms with E-state index in [2.05, 4.69) is 0 Å². The summed E-state index contributed by atoms with van der Waals surface area (Å²) in [4.78, 5) is 0. The van der Waals surface area contributed by atoms with Crippen molar-refractivity contribution >= 4 is 0 Å². The standard InChI is InChI=1S/C10H10F4/c1-6(2)7-4-3-5-8(11)9(7)10(12,13)14/h3-6H,1-2H3. The summed E-state index contributed by atoms with van der Waals surface area (Å²) in [6, 6.07) is 3.42. The molecule has 0 amide bonds. The predicted octanol–water partition coefficient (Wildman–Crippen LogP) is 3.97. The maximum absolute atomic E-state index is 13.0. The third kappa shape index (κ3) is 2.05. The summed E-state index contributed by atoms with van der Waals surface area (Å²) in [5.74, 6) is -1.55. The van der Waals surface area contributed by atoms with Gasteiger partial charge in [-0.1, -0.05) is 26.0 Å². The van der Waals surface area contributed by atoms with E-state index >= 15 is 0 Å². The van der Waals surface area contributed by atoms with E-state index in [1.165, 1.54) is 12.1 Å². The summed E-state index contributed by atoms with van der Waals surface area (Å²) in [6.45, 7) is 3.20. The third-order valence-electron chi connectivity index (χ3n) is 1.95. The van der Waals surface area contributed by atoms with Gasteiger partial charge in [0.1, 0.15) is 5.82 Å². The van der Waals surface area contributed by atoms with Crippen LogP contribution in [0.1, 0.15) is 30.9 Å². The lowest BCUT2D eigenvalue weighted by Crippen LogP contribution is -2.12. The van der Waals surface area contributed by atoms with Gasteiger partial charge in [-0.2, -0.15) is 13.2 Å². The van der Waals surface area contributed by atoms with Gasteiger partial charge in [-0.3, -0.25) is 0 Å².